The van der Waals surface area contributed by atoms with Crippen LogP contribution in [-0.2, 0) is 13.0 Å². The van der Waals surface area contributed by atoms with Crippen LogP contribution in [0.1, 0.15) is 28.1 Å². The highest BCUT2D eigenvalue weighted by molar-refractivity contribution is 7.11. The minimum Gasteiger partial charge on any atom is -0.491 e. The molecule has 1 aliphatic rings. The van der Waals surface area contributed by atoms with Gasteiger partial charge in [-0.15, -0.1) is 11.3 Å². The zero-order valence-corrected chi connectivity index (χ0v) is 19.4. The van der Waals surface area contributed by atoms with E-state index in [9.17, 15) is 5.11 Å². The van der Waals surface area contributed by atoms with Crippen molar-refractivity contribution in [1.29, 1.82) is 0 Å². The molecule has 2 heterocycles. The summed E-state index contributed by atoms with van der Waals surface area (Å²) >= 11 is 1.79. The molecule has 1 fully saturated rings. The van der Waals surface area contributed by atoms with Crippen molar-refractivity contribution in [3.05, 3.63) is 45.4 Å². The summed E-state index contributed by atoms with van der Waals surface area (Å²) in [5, 5.41) is 15.0. The summed E-state index contributed by atoms with van der Waals surface area (Å²) in [6.45, 7) is 14.4. The first-order valence-electron chi connectivity index (χ1n) is 11.0. The van der Waals surface area contributed by atoms with Gasteiger partial charge in [0.1, 0.15) is 18.5 Å². The number of hydrogen-bond donors (Lipinski definition) is 2. The van der Waals surface area contributed by atoms with Crippen LogP contribution < -0.4 is 10.1 Å². The SMILES string of the molecule is CCN1CCN(CC(O)COc2cccc(CNCCc3nc(C)c(C)s3)c2)CC1. The van der Waals surface area contributed by atoms with Gasteiger partial charge in [-0.05, 0) is 38.1 Å². The van der Waals surface area contributed by atoms with E-state index in [-0.39, 0.29) is 0 Å². The van der Waals surface area contributed by atoms with E-state index in [1.54, 1.807) is 11.3 Å². The number of thiazole rings is 1. The third-order valence-corrected chi connectivity index (χ3v) is 6.77. The van der Waals surface area contributed by atoms with Gasteiger partial charge in [0.15, 0.2) is 0 Å². The first-order chi connectivity index (χ1) is 14.5. The predicted octanol–water partition coefficient (Wildman–Crippen LogP) is 2.47. The molecule has 0 spiro atoms. The highest BCUT2D eigenvalue weighted by atomic mass is 32.1. The fourth-order valence-electron chi connectivity index (χ4n) is 3.65. The Morgan fingerprint density at radius 1 is 1.20 bits per heavy atom. The standard InChI is InChI=1S/C23H36N4O2S/c1-4-26-10-12-27(13-11-26)16-21(28)17-29-22-7-5-6-20(14-22)15-24-9-8-23-25-18(2)19(3)30-23/h5-7,14,21,24,28H,4,8-13,15-17H2,1-3H3. The fourth-order valence-corrected chi connectivity index (χ4v) is 4.58. The summed E-state index contributed by atoms with van der Waals surface area (Å²) in [5.41, 5.74) is 2.33. The summed E-state index contributed by atoms with van der Waals surface area (Å²) in [5.74, 6) is 0.815. The number of aryl methyl sites for hydroxylation is 2. The van der Waals surface area contributed by atoms with Crippen molar-refractivity contribution >= 4 is 11.3 Å². The van der Waals surface area contributed by atoms with Crippen molar-refractivity contribution in [2.24, 2.45) is 0 Å². The van der Waals surface area contributed by atoms with E-state index < -0.39 is 6.10 Å². The van der Waals surface area contributed by atoms with Crippen LogP contribution in [0.4, 0.5) is 0 Å². The maximum atomic E-state index is 10.4. The zero-order chi connectivity index (χ0) is 21.3. The monoisotopic (exact) mass is 432 g/mol. The Morgan fingerprint density at radius 3 is 2.67 bits per heavy atom. The number of β-amino-alcohol motifs (C(OH)–C–C–N with tert-alkyl or cyclic N) is 1. The van der Waals surface area contributed by atoms with Crippen molar-refractivity contribution in [2.75, 3.05) is 52.4 Å². The van der Waals surface area contributed by atoms with E-state index in [1.807, 2.05) is 12.1 Å². The summed E-state index contributed by atoms with van der Waals surface area (Å²) in [6.07, 6.45) is 0.485. The fraction of sp³-hybridized carbons (Fsp3) is 0.609. The first kappa shape index (κ1) is 23.2. The molecule has 0 bridgehead atoms. The molecule has 1 unspecified atom stereocenters. The van der Waals surface area contributed by atoms with Crippen LogP contribution in [0.15, 0.2) is 24.3 Å². The molecular formula is C23H36N4O2S. The zero-order valence-electron chi connectivity index (χ0n) is 18.6. The van der Waals surface area contributed by atoms with Crippen LogP contribution in [0.2, 0.25) is 0 Å². The number of aliphatic hydroxyl groups is 1. The summed E-state index contributed by atoms with van der Waals surface area (Å²) in [7, 11) is 0. The molecule has 166 valence electrons. The Kier molecular flexibility index (Phi) is 9.08. The molecule has 7 heteroatoms. The topological polar surface area (TPSA) is 60.9 Å². The summed E-state index contributed by atoms with van der Waals surface area (Å²) in [4.78, 5) is 10.7. The number of aliphatic hydroxyl groups excluding tert-OH is 1. The lowest BCUT2D eigenvalue weighted by molar-refractivity contribution is 0.0471. The number of aromatic nitrogens is 1. The number of nitrogens with zero attached hydrogens (tertiary/aromatic N) is 3. The Balaban J connectivity index is 1.35. The average molecular weight is 433 g/mol. The third kappa shape index (κ3) is 7.32. The maximum absolute atomic E-state index is 10.4. The second-order valence-electron chi connectivity index (χ2n) is 8.02. The number of benzene rings is 1. The Hall–Kier alpha value is -1.51. The molecule has 6 nitrogen and oxygen atoms in total. The van der Waals surface area contributed by atoms with E-state index in [0.717, 1.165) is 63.7 Å². The summed E-state index contributed by atoms with van der Waals surface area (Å²) < 4.78 is 5.86. The van der Waals surface area contributed by atoms with Crippen LogP contribution in [0, 0.1) is 13.8 Å². The second-order valence-corrected chi connectivity index (χ2v) is 9.31. The highest BCUT2D eigenvalue weighted by Crippen LogP contribution is 2.17. The van der Waals surface area contributed by atoms with Gasteiger partial charge in [0, 0.05) is 57.1 Å². The van der Waals surface area contributed by atoms with Crippen molar-refractivity contribution in [3.8, 4) is 5.75 Å². The minimum absolute atomic E-state index is 0.327. The van der Waals surface area contributed by atoms with Crippen LogP contribution in [0.25, 0.3) is 0 Å². The van der Waals surface area contributed by atoms with Gasteiger partial charge in [-0.25, -0.2) is 4.98 Å². The Bertz CT molecular complexity index is 755. The van der Waals surface area contributed by atoms with Gasteiger partial charge >= 0.3 is 0 Å². The largest absolute Gasteiger partial charge is 0.491 e. The van der Waals surface area contributed by atoms with E-state index in [2.05, 4.69) is 53.0 Å². The van der Waals surface area contributed by atoms with E-state index in [0.29, 0.717) is 13.2 Å². The van der Waals surface area contributed by atoms with E-state index >= 15 is 0 Å². The van der Waals surface area contributed by atoms with Gasteiger partial charge < -0.3 is 20.1 Å². The van der Waals surface area contributed by atoms with Crippen molar-refractivity contribution in [2.45, 2.75) is 39.8 Å². The summed E-state index contributed by atoms with van der Waals surface area (Å²) in [6, 6.07) is 8.12. The average Bonchev–Trinajstić information content (AvgIpc) is 3.08. The predicted molar refractivity (Wildman–Crippen MR) is 123 cm³/mol. The van der Waals surface area contributed by atoms with Gasteiger partial charge in [0.05, 0.1) is 10.7 Å². The molecule has 2 N–H and O–H groups in total. The number of piperazine rings is 1. The Labute approximate surface area is 184 Å². The molecule has 1 aromatic carbocycles. The molecule has 0 amide bonds. The number of ether oxygens (including phenoxy) is 1. The normalized spacial score (nSPS) is 16.7. The van der Waals surface area contributed by atoms with Crippen LogP contribution in [0.3, 0.4) is 0 Å². The Morgan fingerprint density at radius 2 is 1.97 bits per heavy atom. The number of likely N-dealkylation sites (N-methyl/N-ethyl adjacent to an activating group) is 1. The van der Waals surface area contributed by atoms with Crippen molar-refractivity contribution < 1.29 is 9.84 Å². The lowest BCUT2D eigenvalue weighted by atomic mass is 10.2. The van der Waals surface area contributed by atoms with E-state index in [4.69, 9.17) is 4.74 Å². The number of hydrogen-bond acceptors (Lipinski definition) is 7. The number of nitrogens with one attached hydrogen (secondary N) is 1. The molecule has 0 saturated carbocycles. The minimum atomic E-state index is -0.467. The van der Waals surface area contributed by atoms with Crippen molar-refractivity contribution in [1.82, 2.24) is 20.1 Å². The van der Waals surface area contributed by atoms with Gasteiger partial charge in [-0.3, -0.25) is 4.90 Å². The maximum Gasteiger partial charge on any atom is 0.119 e. The highest BCUT2D eigenvalue weighted by Gasteiger charge is 2.18. The molecule has 3 rings (SSSR count). The van der Waals surface area contributed by atoms with Gasteiger partial charge in [-0.1, -0.05) is 19.1 Å². The van der Waals surface area contributed by atoms with Crippen LogP contribution >= 0.6 is 11.3 Å². The molecule has 30 heavy (non-hydrogen) atoms. The molecule has 1 aromatic heterocycles. The van der Waals surface area contributed by atoms with Crippen LogP contribution in [-0.4, -0.2) is 78.4 Å². The lowest BCUT2D eigenvalue weighted by Crippen LogP contribution is -2.49. The molecule has 0 aliphatic carbocycles. The molecule has 2 aromatic rings. The molecule has 1 saturated heterocycles. The molecular weight excluding hydrogens is 396 g/mol. The van der Waals surface area contributed by atoms with Crippen molar-refractivity contribution in [3.63, 3.8) is 0 Å². The quantitative estimate of drug-likeness (QED) is 0.532. The van der Waals surface area contributed by atoms with Crippen LogP contribution in [0.5, 0.6) is 5.75 Å². The molecule has 0 radical (unpaired) electrons. The first-order valence-corrected chi connectivity index (χ1v) is 11.8. The van der Waals surface area contributed by atoms with Gasteiger partial charge in [0.25, 0.3) is 0 Å². The smallest absolute Gasteiger partial charge is 0.119 e. The number of rotatable bonds is 11. The third-order valence-electron chi connectivity index (χ3n) is 5.64. The van der Waals surface area contributed by atoms with Gasteiger partial charge in [0.2, 0.25) is 0 Å². The lowest BCUT2D eigenvalue weighted by Gasteiger charge is -2.34. The van der Waals surface area contributed by atoms with E-state index in [1.165, 1.54) is 15.4 Å². The second kappa shape index (κ2) is 11.8. The molecule has 1 atom stereocenters. The van der Waals surface area contributed by atoms with Gasteiger partial charge in [-0.2, -0.15) is 0 Å². The molecule has 1 aliphatic heterocycles.